The van der Waals surface area contributed by atoms with Gasteiger partial charge in [0.25, 0.3) is 0 Å². The van der Waals surface area contributed by atoms with Crippen molar-refractivity contribution in [2.24, 2.45) is 4.99 Å². The molecule has 2 N–H and O–H groups in total. The summed E-state index contributed by atoms with van der Waals surface area (Å²) in [6.45, 7) is 2.70. The summed E-state index contributed by atoms with van der Waals surface area (Å²) in [5, 5.41) is 11.8. The van der Waals surface area contributed by atoms with Crippen molar-refractivity contribution in [1.82, 2.24) is 10.2 Å². The molecule has 1 unspecified atom stereocenters. The molecule has 0 aromatic heterocycles. The van der Waals surface area contributed by atoms with Gasteiger partial charge >= 0.3 is 11.9 Å². The van der Waals surface area contributed by atoms with Gasteiger partial charge in [-0.15, -0.1) is 0 Å². The van der Waals surface area contributed by atoms with Crippen LogP contribution in [0.15, 0.2) is 17.1 Å². The molecule has 0 spiro atoms. The highest BCUT2D eigenvalue weighted by Crippen LogP contribution is 2.41. The van der Waals surface area contributed by atoms with Gasteiger partial charge in [0, 0.05) is 12.5 Å². The molecule has 0 saturated carbocycles. The van der Waals surface area contributed by atoms with Gasteiger partial charge in [0.15, 0.2) is 11.5 Å². The molecule has 2 heterocycles. The minimum atomic E-state index is -1.05. The molecule has 1 atom stereocenters. The van der Waals surface area contributed by atoms with Gasteiger partial charge in [-0.25, -0.2) is 4.99 Å². The topological polar surface area (TPSA) is 127 Å². The van der Waals surface area contributed by atoms with E-state index in [1.165, 1.54) is 6.92 Å². The van der Waals surface area contributed by atoms with Crippen LogP contribution in [0.5, 0.6) is 11.5 Å². The van der Waals surface area contributed by atoms with Gasteiger partial charge in [-0.05, 0) is 25.0 Å². The van der Waals surface area contributed by atoms with Crippen molar-refractivity contribution < 1.29 is 33.7 Å². The quantitative estimate of drug-likeness (QED) is 0.369. The molecule has 174 valence electrons. The Balaban J connectivity index is 1.55. The van der Waals surface area contributed by atoms with E-state index in [1.54, 1.807) is 18.1 Å². The molecule has 1 amide bonds. The number of amides is 1. The number of aliphatic carboxylic acids is 1. The molecule has 10 nitrogen and oxygen atoms in total. The van der Waals surface area contributed by atoms with Crippen LogP contribution in [-0.4, -0.2) is 60.2 Å². The molecule has 1 aromatic carbocycles. The van der Waals surface area contributed by atoms with E-state index in [2.05, 4.69) is 10.3 Å². The number of carboxylic acid groups (broad SMARTS) is 1. The van der Waals surface area contributed by atoms with Gasteiger partial charge in [0.1, 0.15) is 6.04 Å². The van der Waals surface area contributed by atoms with E-state index >= 15 is 0 Å². The zero-order valence-electron chi connectivity index (χ0n) is 18.4. The molecular weight excluding hydrogens is 418 g/mol. The second kappa shape index (κ2) is 10.8. The normalized spacial score (nSPS) is 16.6. The molecule has 1 fully saturated rings. The number of aliphatic imine (C=N–C) groups is 1. The van der Waals surface area contributed by atoms with Crippen LogP contribution in [0.2, 0.25) is 0 Å². The monoisotopic (exact) mass is 447 g/mol. The number of fused-ring (bicyclic) bond motifs is 2. The van der Waals surface area contributed by atoms with Crippen molar-refractivity contribution in [2.75, 3.05) is 20.3 Å². The Hall–Kier alpha value is -3.30. The van der Waals surface area contributed by atoms with E-state index in [-0.39, 0.29) is 18.3 Å². The first-order valence-electron chi connectivity index (χ1n) is 10.7. The maximum absolute atomic E-state index is 12.2. The fraction of sp³-hybridized carbons (Fsp3) is 0.545. The van der Waals surface area contributed by atoms with Crippen molar-refractivity contribution >= 4 is 29.5 Å². The fourth-order valence-electron chi connectivity index (χ4n) is 3.81. The largest absolute Gasteiger partial charge is 0.492 e. The second-order valence-corrected chi connectivity index (χ2v) is 7.72. The molecule has 1 saturated heterocycles. The first-order chi connectivity index (χ1) is 15.4. The molecule has 2 aliphatic heterocycles. The highest BCUT2D eigenvalue weighted by Gasteiger charge is 2.41. The summed E-state index contributed by atoms with van der Waals surface area (Å²) in [6.07, 6.45) is 4.46. The third-order valence-electron chi connectivity index (χ3n) is 5.36. The van der Waals surface area contributed by atoms with Crippen LogP contribution in [-0.2, 0) is 25.7 Å². The average molecular weight is 447 g/mol. The molecule has 0 bridgehead atoms. The van der Waals surface area contributed by atoms with Crippen molar-refractivity contribution in [1.29, 1.82) is 0 Å². The van der Waals surface area contributed by atoms with Crippen LogP contribution in [0.25, 0.3) is 0 Å². The van der Waals surface area contributed by atoms with Gasteiger partial charge in [0.2, 0.25) is 11.9 Å². The lowest BCUT2D eigenvalue weighted by atomic mass is 10.1. The van der Waals surface area contributed by atoms with Crippen LogP contribution in [0, 0.1) is 0 Å². The number of hydrogen-bond acceptors (Lipinski definition) is 8. The summed E-state index contributed by atoms with van der Waals surface area (Å²) in [6, 6.07) is 2.79. The molecule has 32 heavy (non-hydrogen) atoms. The number of methoxy groups -OCH3 is 1. The van der Waals surface area contributed by atoms with Gasteiger partial charge in [-0.1, -0.05) is 19.3 Å². The van der Waals surface area contributed by atoms with Crippen LogP contribution in [0.1, 0.15) is 51.0 Å². The smallest absolute Gasteiger partial charge is 0.305 e. The number of benzene rings is 1. The lowest BCUT2D eigenvalue weighted by Gasteiger charge is -2.28. The highest BCUT2D eigenvalue weighted by atomic mass is 16.5. The Morgan fingerprint density at radius 3 is 2.59 bits per heavy atom. The third-order valence-corrected chi connectivity index (χ3v) is 5.36. The predicted octanol–water partition coefficient (Wildman–Crippen LogP) is 2.36. The first kappa shape index (κ1) is 23.4. The summed E-state index contributed by atoms with van der Waals surface area (Å²) in [5.41, 5.74) is 1.41. The molecule has 0 radical (unpaired) electrons. The maximum Gasteiger partial charge on any atom is 0.305 e. The van der Waals surface area contributed by atoms with E-state index in [0.29, 0.717) is 42.9 Å². The van der Waals surface area contributed by atoms with Crippen molar-refractivity contribution in [3.63, 3.8) is 0 Å². The van der Waals surface area contributed by atoms with Crippen LogP contribution in [0.3, 0.4) is 0 Å². The van der Waals surface area contributed by atoms with Gasteiger partial charge < -0.3 is 24.2 Å². The van der Waals surface area contributed by atoms with Crippen molar-refractivity contribution in [2.45, 2.75) is 58.0 Å². The van der Waals surface area contributed by atoms with E-state index < -0.39 is 12.0 Å². The summed E-state index contributed by atoms with van der Waals surface area (Å²) < 4.78 is 16.4. The van der Waals surface area contributed by atoms with Crippen LogP contribution >= 0.6 is 0 Å². The SMILES string of the molecule is COc1c(OCCCCCCCOC(C)=O)ccc2c1CN1C(=N2)NC(=O)C1CC(=O)O. The fourth-order valence-corrected chi connectivity index (χ4v) is 3.81. The number of ether oxygens (including phenoxy) is 3. The Morgan fingerprint density at radius 2 is 1.91 bits per heavy atom. The number of unbranched alkanes of at least 4 members (excludes halogenated alkanes) is 4. The lowest BCUT2D eigenvalue weighted by Crippen LogP contribution is -2.38. The van der Waals surface area contributed by atoms with Crippen LogP contribution in [0.4, 0.5) is 5.69 Å². The minimum absolute atomic E-state index is 0.246. The van der Waals surface area contributed by atoms with Gasteiger partial charge in [-0.2, -0.15) is 0 Å². The van der Waals surface area contributed by atoms with E-state index in [1.807, 2.05) is 6.07 Å². The summed E-state index contributed by atoms with van der Waals surface area (Å²) in [4.78, 5) is 40.2. The Bertz CT molecular complexity index is 900. The Labute approximate surface area is 186 Å². The zero-order valence-corrected chi connectivity index (χ0v) is 18.4. The summed E-state index contributed by atoms with van der Waals surface area (Å²) in [7, 11) is 1.55. The minimum Gasteiger partial charge on any atom is -0.492 e. The third kappa shape index (κ3) is 5.68. The van der Waals surface area contributed by atoms with E-state index in [4.69, 9.17) is 19.3 Å². The molecule has 10 heteroatoms. The number of hydrogen-bond donors (Lipinski definition) is 2. The van der Waals surface area contributed by atoms with E-state index in [0.717, 1.165) is 37.7 Å². The van der Waals surface area contributed by atoms with Crippen molar-refractivity contribution in [3.05, 3.63) is 17.7 Å². The number of rotatable bonds is 12. The van der Waals surface area contributed by atoms with E-state index in [9.17, 15) is 14.4 Å². The van der Waals surface area contributed by atoms with Crippen LogP contribution < -0.4 is 14.8 Å². The number of nitrogens with one attached hydrogen (secondary N) is 1. The second-order valence-electron chi connectivity index (χ2n) is 7.72. The molecule has 0 aliphatic carbocycles. The van der Waals surface area contributed by atoms with Gasteiger partial charge in [-0.3, -0.25) is 19.7 Å². The highest BCUT2D eigenvalue weighted by molar-refractivity contribution is 6.08. The Morgan fingerprint density at radius 1 is 1.19 bits per heavy atom. The maximum atomic E-state index is 12.2. The predicted molar refractivity (Wildman–Crippen MR) is 115 cm³/mol. The molecule has 2 aliphatic rings. The molecule has 3 rings (SSSR count). The average Bonchev–Trinajstić information content (AvgIpc) is 3.04. The molecule has 1 aromatic rings. The number of nitrogens with zero attached hydrogens (tertiary/aromatic N) is 2. The zero-order chi connectivity index (χ0) is 23.1. The summed E-state index contributed by atoms with van der Waals surface area (Å²) in [5.74, 6) is -0.175. The lowest BCUT2D eigenvalue weighted by molar-refractivity contribution is -0.141. The first-order valence-corrected chi connectivity index (χ1v) is 10.7. The number of carbonyl (C=O) groups is 3. The number of carboxylic acids is 1. The van der Waals surface area contributed by atoms with Crippen molar-refractivity contribution in [3.8, 4) is 11.5 Å². The summed E-state index contributed by atoms with van der Waals surface area (Å²) >= 11 is 0. The standard InChI is InChI=1S/C22H29N3O7/c1-14(26)31-10-6-4-3-5-7-11-32-18-9-8-16-15(20(18)30-2)13-25-17(12-19(27)28)21(29)24-22(25)23-16/h8-9,17H,3-7,10-13H2,1-2H3,(H,27,28)(H,23,24,29). The Kier molecular flexibility index (Phi) is 7.91. The van der Waals surface area contributed by atoms with Gasteiger partial charge in [0.05, 0.1) is 39.0 Å². The number of carbonyl (C=O) groups excluding carboxylic acids is 2. The number of esters is 1. The molecular formula is C22H29N3O7. The number of guanidine groups is 1.